The molecule has 4 heterocycles. The van der Waals surface area contributed by atoms with Crippen LogP contribution in [0, 0.1) is 0 Å². The number of aryl methyl sites for hydroxylation is 2. The van der Waals surface area contributed by atoms with E-state index in [1.54, 1.807) is 0 Å². The maximum Gasteiger partial charge on any atom is 0.232 e. The molecule has 0 amide bonds. The first-order chi connectivity index (χ1) is 12.9. The number of ether oxygens (including phenoxy) is 2. The number of hydrogen-bond donors (Lipinski definition) is 0. The number of rotatable bonds is 7. The van der Waals surface area contributed by atoms with Gasteiger partial charge in [-0.05, 0) is 51.5 Å². The molecule has 0 aromatic carbocycles. The predicted octanol–water partition coefficient (Wildman–Crippen LogP) is 2.17. The fourth-order valence-electron chi connectivity index (χ4n) is 4.48. The van der Waals surface area contributed by atoms with Gasteiger partial charge >= 0.3 is 0 Å². The zero-order chi connectivity index (χ0) is 17.6. The van der Waals surface area contributed by atoms with Gasteiger partial charge < -0.3 is 14.4 Å². The Kier molecular flexibility index (Phi) is 6.46. The van der Waals surface area contributed by atoms with Crippen molar-refractivity contribution in [2.45, 2.75) is 57.5 Å². The Morgan fingerprint density at radius 2 is 1.88 bits per heavy atom. The molecule has 26 heavy (non-hydrogen) atoms. The molecule has 0 spiro atoms. The van der Waals surface area contributed by atoms with Crippen LogP contribution in [0.15, 0.2) is 6.07 Å². The number of hydrogen-bond acceptors (Lipinski definition) is 5. The van der Waals surface area contributed by atoms with Crippen molar-refractivity contribution in [3.63, 3.8) is 0 Å². The van der Waals surface area contributed by atoms with Crippen LogP contribution in [0.2, 0.25) is 0 Å². The standard InChI is InChI=1S/C20H34N4O2/c1-2-9-24-19(5-1)17-20(21-24)26-14-4-3-8-22-10-12-23(13-11-22)18-6-15-25-16-7-18/h17-18H,1-16H2. The Balaban J connectivity index is 1.08. The molecule has 4 rings (SSSR count). The van der Waals surface area contributed by atoms with Crippen LogP contribution in [0.5, 0.6) is 5.88 Å². The molecular formula is C20H34N4O2. The van der Waals surface area contributed by atoms with Crippen LogP contribution >= 0.6 is 0 Å². The van der Waals surface area contributed by atoms with Gasteiger partial charge in [0.25, 0.3) is 0 Å². The minimum absolute atomic E-state index is 0.764. The van der Waals surface area contributed by atoms with Crippen LogP contribution in [-0.4, -0.2) is 78.2 Å². The molecular weight excluding hydrogens is 328 g/mol. The third-order valence-electron chi connectivity index (χ3n) is 6.13. The van der Waals surface area contributed by atoms with Gasteiger partial charge in [-0.25, -0.2) is 0 Å². The quantitative estimate of drug-likeness (QED) is 0.696. The lowest BCUT2D eigenvalue weighted by Crippen LogP contribution is -2.51. The van der Waals surface area contributed by atoms with Gasteiger partial charge in [0, 0.05) is 63.7 Å². The third kappa shape index (κ3) is 4.78. The first-order valence-electron chi connectivity index (χ1n) is 10.6. The molecule has 0 atom stereocenters. The van der Waals surface area contributed by atoms with Gasteiger partial charge in [-0.15, -0.1) is 5.10 Å². The molecule has 2 fully saturated rings. The predicted molar refractivity (Wildman–Crippen MR) is 102 cm³/mol. The van der Waals surface area contributed by atoms with Crippen LogP contribution in [0.4, 0.5) is 0 Å². The van der Waals surface area contributed by atoms with E-state index in [0.29, 0.717) is 0 Å². The summed E-state index contributed by atoms with van der Waals surface area (Å²) in [6.45, 7) is 9.82. The molecule has 3 aliphatic heterocycles. The summed E-state index contributed by atoms with van der Waals surface area (Å²) in [5.74, 6) is 0.826. The SMILES string of the molecule is c1c(OCCCCN2CCN(C3CCOCC3)CC2)nn2c1CCCC2. The van der Waals surface area contributed by atoms with E-state index < -0.39 is 0 Å². The van der Waals surface area contributed by atoms with E-state index in [1.807, 2.05) is 0 Å². The van der Waals surface area contributed by atoms with E-state index >= 15 is 0 Å². The average molecular weight is 363 g/mol. The van der Waals surface area contributed by atoms with E-state index in [-0.39, 0.29) is 0 Å². The Labute approximate surface area is 157 Å². The van der Waals surface area contributed by atoms with Crippen LogP contribution in [0.3, 0.4) is 0 Å². The topological polar surface area (TPSA) is 42.8 Å². The van der Waals surface area contributed by atoms with Gasteiger partial charge in [-0.2, -0.15) is 0 Å². The molecule has 0 aliphatic carbocycles. The summed E-state index contributed by atoms with van der Waals surface area (Å²) in [7, 11) is 0. The first-order valence-corrected chi connectivity index (χ1v) is 10.6. The van der Waals surface area contributed by atoms with E-state index in [4.69, 9.17) is 9.47 Å². The van der Waals surface area contributed by atoms with Crippen molar-refractivity contribution in [2.24, 2.45) is 0 Å². The molecule has 0 radical (unpaired) electrons. The number of nitrogens with zero attached hydrogens (tertiary/aromatic N) is 4. The number of aromatic nitrogens is 2. The number of unbranched alkanes of at least 4 members (excludes halogenated alkanes) is 1. The highest BCUT2D eigenvalue weighted by Crippen LogP contribution is 2.20. The maximum atomic E-state index is 5.87. The van der Waals surface area contributed by atoms with Crippen LogP contribution in [0.25, 0.3) is 0 Å². The highest BCUT2D eigenvalue weighted by Gasteiger charge is 2.25. The molecule has 6 nitrogen and oxygen atoms in total. The third-order valence-corrected chi connectivity index (χ3v) is 6.13. The van der Waals surface area contributed by atoms with Gasteiger partial charge in [-0.1, -0.05) is 0 Å². The van der Waals surface area contributed by atoms with Gasteiger partial charge in [0.05, 0.1) is 6.61 Å². The van der Waals surface area contributed by atoms with Gasteiger partial charge in [-0.3, -0.25) is 9.58 Å². The zero-order valence-corrected chi connectivity index (χ0v) is 16.1. The summed E-state index contributed by atoms with van der Waals surface area (Å²) in [6, 6.07) is 2.90. The van der Waals surface area contributed by atoms with Crippen LogP contribution in [0.1, 0.15) is 44.2 Å². The molecule has 2 saturated heterocycles. The molecule has 6 heteroatoms. The Morgan fingerprint density at radius 3 is 2.69 bits per heavy atom. The summed E-state index contributed by atoms with van der Waals surface area (Å²) in [6.07, 6.45) is 8.44. The van der Waals surface area contributed by atoms with E-state index in [0.717, 1.165) is 51.1 Å². The smallest absolute Gasteiger partial charge is 0.232 e. The Morgan fingerprint density at radius 1 is 1.04 bits per heavy atom. The molecule has 0 bridgehead atoms. The first kappa shape index (κ1) is 18.3. The van der Waals surface area contributed by atoms with Crippen LogP contribution < -0.4 is 4.74 Å². The molecule has 1 aromatic heterocycles. The van der Waals surface area contributed by atoms with Crippen molar-refractivity contribution in [3.05, 3.63) is 11.8 Å². The molecule has 3 aliphatic rings. The summed E-state index contributed by atoms with van der Waals surface area (Å²) in [5.41, 5.74) is 1.34. The Bertz CT molecular complexity index is 525. The number of piperazine rings is 1. The highest BCUT2D eigenvalue weighted by atomic mass is 16.5. The lowest BCUT2D eigenvalue weighted by molar-refractivity contribution is 0.0135. The molecule has 0 unspecified atom stereocenters. The van der Waals surface area contributed by atoms with Gasteiger partial charge in [0.15, 0.2) is 0 Å². The van der Waals surface area contributed by atoms with E-state index in [1.165, 1.54) is 70.5 Å². The molecule has 0 saturated carbocycles. The highest BCUT2D eigenvalue weighted by molar-refractivity contribution is 5.16. The summed E-state index contributed by atoms with van der Waals surface area (Å²) in [5, 5.41) is 4.56. The lowest BCUT2D eigenvalue weighted by atomic mass is 10.1. The van der Waals surface area contributed by atoms with Crippen molar-refractivity contribution in [3.8, 4) is 5.88 Å². The monoisotopic (exact) mass is 362 g/mol. The number of fused-ring (bicyclic) bond motifs is 1. The second kappa shape index (κ2) is 9.20. The molecule has 1 aromatic rings. The summed E-state index contributed by atoms with van der Waals surface area (Å²) < 4.78 is 13.5. The second-order valence-corrected chi connectivity index (χ2v) is 7.93. The van der Waals surface area contributed by atoms with E-state index in [9.17, 15) is 0 Å². The summed E-state index contributed by atoms with van der Waals surface area (Å²) >= 11 is 0. The van der Waals surface area contributed by atoms with Gasteiger partial charge in [0.2, 0.25) is 5.88 Å². The molecule has 146 valence electrons. The van der Waals surface area contributed by atoms with Gasteiger partial charge in [0.1, 0.15) is 0 Å². The maximum absolute atomic E-state index is 5.87. The normalized spacial score (nSPS) is 23.1. The Hall–Kier alpha value is -1.11. The van der Waals surface area contributed by atoms with Crippen molar-refractivity contribution in [1.82, 2.24) is 19.6 Å². The minimum Gasteiger partial charge on any atom is -0.477 e. The minimum atomic E-state index is 0.764. The second-order valence-electron chi connectivity index (χ2n) is 7.93. The van der Waals surface area contributed by atoms with Crippen molar-refractivity contribution in [1.29, 1.82) is 0 Å². The summed E-state index contributed by atoms with van der Waals surface area (Å²) in [4.78, 5) is 5.30. The largest absolute Gasteiger partial charge is 0.477 e. The van der Waals surface area contributed by atoms with Crippen molar-refractivity contribution in [2.75, 3.05) is 52.5 Å². The average Bonchev–Trinajstić information content (AvgIpc) is 3.12. The van der Waals surface area contributed by atoms with E-state index in [2.05, 4.69) is 25.6 Å². The van der Waals surface area contributed by atoms with Crippen molar-refractivity contribution >= 4 is 0 Å². The molecule has 0 N–H and O–H groups in total. The fourth-order valence-corrected chi connectivity index (χ4v) is 4.48. The van der Waals surface area contributed by atoms with Crippen molar-refractivity contribution < 1.29 is 9.47 Å². The zero-order valence-electron chi connectivity index (χ0n) is 16.1. The lowest BCUT2D eigenvalue weighted by Gasteiger charge is -2.40. The van der Waals surface area contributed by atoms with Crippen LogP contribution in [-0.2, 0) is 17.7 Å². The fraction of sp³-hybridized carbons (Fsp3) is 0.850.